The number of aryl methyl sites for hydroxylation is 3. The van der Waals surface area contributed by atoms with Gasteiger partial charge in [-0.15, -0.1) is 0 Å². The lowest BCUT2D eigenvalue weighted by Gasteiger charge is -2.05. The molecule has 0 fully saturated rings. The van der Waals surface area contributed by atoms with Crippen molar-refractivity contribution in [3.8, 4) is 0 Å². The maximum Gasteiger partial charge on any atom is 0.187 e. The molecule has 108 valence electrons. The van der Waals surface area contributed by atoms with Gasteiger partial charge in [-0.05, 0) is 55.7 Å². The molecule has 2 nitrogen and oxygen atoms in total. The molecule has 2 rings (SSSR count). The van der Waals surface area contributed by atoms with Crippen LogP contribution in [0.4, 0.5) is 5.69 Å². The van der Waals surface area contributed by atoms with Crippen LogP contribution in [-0.2, 0) is 0 Å². The Morgan fingerprint density at radius 3 is 2.48 bits per heavy atom. The summed E-state index contributed by atoms with van der Waals surface area (Å²) in [4.78, 5) is 12.1. The minimum absolute atomic E-state index is 0.0335. The standard InChI is InChI=1S/C18H18ClNO/c1-12-4-7-17(16(19)10-12)20-9-8-18(21)15-6-5-13(2)14(3)11-15/h4-11,20H,1-3H3/b9-8+. The summed E-state index contributed by atoms with van der Waals surface area (Å²) >= 11 is 6.12. The number of ketones is 1. The van der Waals surface area contributed by atoms with E-state index in [-0.39, 0.29) is 5.78 Å². The average molecular weight is 300 g/mol. The summed E-state index contributed by atoms with van der Waals surface area (Å²) in [6.07, 6.45) is 3.13. The topological polar surface area (TPSA) is 29.1 Å². The van der Waals surface area contributed by atoms with Gasteiger partial charge in [-0.3, -0.25) is 4.79 Å². The number of anilines is 1. The van der Waals surface area contributed by atoms with Gasteiger partial charge in [-0.2, -0.15) is 0 Å². The summed E-state index contributed by atoms with van der Waals surface area (Å²) in [6.45, 7) is 6.01. The highest BCUT2D eigenvalue weighted by Gasteiger charge is 2.03. The van der Waals surface area contributed by atoms with E-state index in [0.29, 0.717) is 10.6 Å². The molecule has 0 unspecified atom stereocenters. The Bertz CT molecular complexity index is 704. The first-order valence-electron chi connectivity index (χ1n) is 6.78. The van der Waals surface area contributed by atoms with Gasteiger partial charge in [-0.1, -0.05) is 29.8 Å². The summed E-state index contributed by atoms with van der Waals surface area (Å²) in [5.74, 6) is -0.0335. The van der Waals surface area contributed by atoms with Crippen LogP contribution in [0, 0.1) is 20.8 Å². The van der Waals surface area contributed by atoms with Crippen molar-refractivity contribution in [3.05, 3.63) is 76.0 Å². The molecular formula is C18H18ClNO. The minimum atomic E-state index is -0.0335. The molecule has 2 aromatic carbocycles. The second-order valence-electron chi connectivity index (χ2n) is 5.12. The third-order valence-electron chi connectivity index (χ3n) is 3.39. The largest absolute Gasteiger partial charge is 0.360 e. The predicted molar refractivity (Wildman–Crippen MR) is 89.2 cm³/mol. The highest BCUT2D eigenvalue weighted by Crippen LogP contribution is 2.22. The van der Waals surface area contributed by atoms with Crippen molar-refractivity contribution in [1.29, 1.82) is 0 Å². The Kier molecular flexibility index (Phi) is 4.81. The number of halogens is 1. The molecule has 1 N–H and O–H groups in total. The van der Waals surface area contributed by atoms with Crippen LogP contribution in [0.2, 0.25) is 5.02 Å². The smallest absolute Gasteiger partial charge is 0.187 e. The highest BCUT2D eigenvalue weighted by atomic mass is 35.5. The van der Waals surface area contributed by atoms with E-state index in [1.165, 1.54) is 11.6 Å². The van der Waals surface area contributed by atoms with E-state index in [9.17, 15) is 4.79 Å². The highest BCUT2D eigenvalue weighted by molar-refractivity contribution is 6.33. The second kappa shape index (κ2) is 6.59. The van der Waals surface area contributed by atoms with E-state index >= 15 is 0 Å². The number of nitrogens with one attached hydrogen (secondary N) is 1. The first kappa shape index (κ1) is 15.3. The lowest BCUT2D eigenvalue weighted by atomic mass is 10.0. The SMILES string of the molecule is Cc1ccc(N/C=C/C(=O)c2ccc(C)c(C)c2)c(Cl)c1. The van der Waals surface area contributed by atoms with Crippen LogP contribution in [0.1, 0.15) is 27.0 Å². The molecule has 2 aromatic rings. The molecule has 0 radical (unpaired) electrons. The molecule has 0 aliphatic rings. The van der Waals surface area contributed by atoms with Gasteiger partial charge in [0.15, 0.2) is 5.78 Å². The van der Waals surface area contributed by atoms with Crippen molar-refractivity contribution in [2.75, 3.05) is 5.32 Å². The quantitative estimate of drug-likeness (QED) is 0.630. The lowest BCUT2D eigenvalue weighted by Crippen LogP contribution is -1.98. The average Bonchev–Trinajstić information content (AvgIpc) is 2.44. The van der Waals surface area contributed by atoms with E-state index in [1.807, 2.05) is 57.2 Å². The first-order chi connectivity index (χ1) is 9.97. The minimum Gasteiger partial charge on any atom is -0.360 e. The number of rotatable bonds is 4. The van der Waals surface area contributed by atoms with Gasteiger partial charge in [0.25, 0.3) is 0 Å². The molecular weight excluding hydrogens is 282 g/mol. The van der Waals surface area contributed by atoms with E-state index in [1.54, 1.807) is 6.20 Å². The van der Waals surface area contributed by atoms with Gasteiger partial charge in [0.2, 0.25) is 0 Å². The van der Waals surface area contributed by atoms with Crippen molar-refractivity contribution in [2.24, 2.45) is 0 Å². The fourth-order valence-corrected chi connectivity index (χ4v) is 2.22. The Labute approximate surface area is 130 Å². The fraction of sp³-hybridized carbons (Fsp3) is 0.167. The summed E-state index contributed by atoms with van der Waals surface area (Å²) in [7, 11) is 0. The number of carbonyl (C=O) groups excluding carboxylic acids is 1. The van der Waals surface area contributed by atoms with Crippen molar-refractivity contribution >= 4 is 23.1 Å². The van der Waals surface area contributed by atoms with Crippen LogP contribution in [0.25, 0.3) is 0 Å². The molecule has 3 heteroatoms. The molecule has 0 heterocycles. The van der Waals surface area contributed by atoms with Gasteiger partial charge >= 0.3 is 0 Å². The normalized spacial score (nSPS) is 10.9. The van der Waals surface area contributed by atoms with Crippen LogP contribution in [-0.4, -0.2) is 5.78 Å². The Hall–Kier alpha value is -2.06. The lowest BCUT2D eigenvalue weighted by molar-refractivity contribution is 0.104. The number of allylic oxidation sites excluding steroid dienone is 1. The molecule has 0 aliphatic heterocycles. The first-order valence-corrected chi connectivity index (χ1v) is 7.16. The van der Waals surface area contributed by atoms with Crippen molar-refractivity contribution in [2.45, 2.75) is 20.8 Å². The van der Waals surface area contributed by atoms with Gasteiger partial charge in [0, 0.05) is 17.8 Å². The summed E-state index contributed by atoms with van der Waals surface area (Å²) in [5, 5.41) is 3.67. The van der Waals surface area contributed by atoms with E-state index in [4.69, 9.17) is 11.6 Å². The fourth-order valence-electron chi connectivity index (χ4n) is 1.94. The molecule has 21 heavy (non-hydrogen) atoms. The number of hydrogen-bond acceptors (Lipinski definition) is 2. The maximum atomic E-state index is 12.1. The van der Waals surface area contributed by atoms with Crippen LogP contribution in [0.15, 0.2) is 48.7 Å². The summed E-state index contributed by atoms with van der Waals surface area (Å²) < 4.78 is 0. The summed E-state index contributed by atoms with van der Waals surface area (Å²) in [6, 6.07) is 11.4. The zero-order chi connectivity index (χ0) is 15.4. The van der Waals surface area contributed by atoms with E-state index in [2.05, 4.69) is 5.32 Å². The third-order valence-corrected chi connectivity index (χ3v) is 3.70. The van der Waals surface area contributed by atoms with Crippen LogP contribution in [0.5, 0.6) is 0 Å². The number of hydrogen-bond donors (Lipinski definition) is 1. The Balaban J connectivity index is 2.06. The third kappa shape index (κ3) is 3.96. The Morgan fingerprint density at radius 1 is 1.05 bits per heavy atom. The summed E-state index contributed by atoms with van der Waals surface area (Å²) in [5.41, 5.74) is 4.86. The van der Waals surface area contributed by atoms with Gasteiger partial charge < -0.3 is 5.32 Å². The van der Waals surface area contributed by atoms with Crippen molar-refractivity contribution in [3.63, 3.8) is 0 Å². The van der Waals surface area contributed by atoms with Crippen LogP contribution < -0.4 is 5.32 Å². The van der Waals surface area contributed by atoms with Gasteiger partial charge in [0.1, 0.15) is 0 Å². The monoisotopic (exact) mass is 299 g/mol. The molecule has 0 saturated heterocycles. The number of carbonyl (C=O) groups is 1. The zero-order valence-electron chi connectivity index (χ0n) is 12.4. The predicted octanol–water partition coefficient (Wildman–Crippen LogP) is 5.07. The molecule has 0 amide bonds. The van der Waals surface area contributed by atoms with Gasteiger partial charge in [0.05, 0.1) is 10.7 Å². The van der Waals surface area contributed by atoms with Crippen molar-refractivity contribution < 1.29 is 4.79 Å². The molecule has 0 bridgehead atoms. The maximum absolute atomic E-state index is 12.1. The Morgan fingerprint density at radius 2 is 1.81 bits per heavy atom. The van der Waals surface area contributed by atoms with Gasteiger partial charge in [-0.25, -0.2) is 0 Å². The van der Waals surface area contributed by atoms with Crippen molar-refractivity contribution in [1.82, 2.24) is 0 Å². The van der Waals surface area contributed by atoms with Crippen LogP contribution >= 0.6 is 11.6 Å². The molecule has 0 aliphatic carbocycles. The molecule has 0 spiro atoms. The molecule has 0 aromatic heterocycles. The van der Waals surface area contributed by atoms with E-state index in [0.717, 1.165) is 16.8 Å². The second-order valence-corrected chi connectivity index (χ2v) is 5.53. The zero-order valence-corrected chi connectivity index (χ0v) is 13.2. The molecule has 0 saturated carbocycles. The van der Waals surface area contributed by atoms with E-state index < -0.39 is 0 Å². The van der Waals surface area contributed by atoms with Crippen LogP contribution in [0.3, 0.4) is 0 Å². The molecule has 0 atom stereocenters. The number of benzene rings is 2.